The third kappa shape index (κ3) is 4.90. The second-order valence-electron chi connectivity index (χ2n) is 6.14. The molecule has 0 unspecified atom stereocenters. The minimum atomic E-state index is -0.344. The van der Waals surface area contributed by atoms with E-state index in [0.29, 0.717) is 16.7 Å². The molecule has 1 amide bonds. The second kappa shape index (κ2) is 8.59. The fraction of sp³-hybridized carbons (Fsp3) is 0.200. The molecule has 2 aromatic carbocycles. The molecule has 0 spiro atoms. The molecule has 27 heavy (non-hydrogen) atoms. The Morgan fingerprint density at radius 1 is 1.30 bits per heavy atom. The quantitative estimate of drug-likeness (QED) is 0.554. The summed E-state index contributed by atoms with van der Waals surface area (Å²) in [5.74, 6) is -0.357. The van der Waals surface area contributed by atoms with E-state index in [9.17, 15) is 9.18 Å². The first-order valence-corrected chi connectivity index (χ1v) is 9.65. The van der Waals surface area contributed by atoms with Crippen LogP contribution in [0.2, 0.25) is 5.02 Å². The normalized spacial score (nSPS) is 12.0. The number of benzene rings is 2. The summed E-state index contributed by atoms with van der Waals surface area (Å²) < 4.78 is 15.2. The number of thioether (sulfide) groups is 1. The van der Waals surface area contributed by atoms with Crippen molar-refractivity contribution in [3.63, 3.8) is 0 Å². The van der Waals surface area contributed by atoms with Gasteiger partial charge in [0.2, 0.25) is 5.91 Å². The molecule has 1 aromatic heterocycles. The van der Waals surface area contributed by atoms with Crippen molar-refractivity contribution in [2.75, 3.05) is 7.05 Å². The minimum Gasteiger partial charge on any atom is -0.340 e. The van der Waals surface area contributed by atoms with E-state index in [-0.39, 0.29) is 17.0 Å². The molecule has 3 aromatic rings. The molecule has 0 aliphatic rings. The summed E-state index contributed by atoms with van der Waals surface area (Å²) in [6.07, 6.45) is 3.53. The van der Waals surface area contributed by atoms with Gasteiger partial charge in [0.25, 0.3) is 0 Å². The zero-order chi connectivity index (χ0) is 19.4. The Kier molecular flexibility index (Phi) is 6.19. The number of aromatic nitrogens is 2. The van der Waals surface area contributed by atoms with Gasteiger partial charge in [0.15, 0.2) is 5.16 Å². The molecule has 0 saturated heterocycles. The fourth-order valence-electron chi connectivity index (χ4n) is 2.71. The summed E-state index contributed by atoms with van der Waals surface area (Å²) in [6.45, 7) is 2.19. The van der Waals surface area contributed by atoms with Crippen LogP contribution in [0.1, 0.15) is 12.5 Å². The number of amides is 1. The lowest BCUT2D eigenvalue weighted by atomic mass is 10.2. The van der Waals surface area contributed by atoms with E-state index in [1.165, 1.54) is 23.9 Å². The first-order valence-electron chi connectivity index (χ1n) is 8.39. The van der Waals surface area contributed by atoms with Gasteiger partial charge in [-0.1, -0.05) is 41.6 Å². The summed E-state index contributed by atoms with van der Waals surface area (Å²) in [5, 5.41) is 0.997. The highest BCUT2D eigenvalue weighted by molar-refractivity contribution is 8.00. The number of nitrogens with zero attached hydrogens (tertiary/aromatic N) is 3. The summed E-state index contributed by atoms with van der Waals surface area (Å²) in [4.78, 5) is 18.7. The van der Waals surface area contributed by atoms with Crippen LogP contribution in [0.15, 0.2) is 66.1 Å². The molecule has 0 radical (unpaired) electrons. The average molecular weight is 404 g/mol. The summed E-state index contributed by atoms with van der Waals surface area (Å²) >= 11 is 7.44. The van der Waals surface area contributed by atoms with Gasteiger partial charge < -0.3 is 4.90 Å². The van der Waals surface area contributed by atoms with E-state index in [4.69, 9.17) is 11.6 Å². The molecule has 0 fully saturated rings. The van der Waals surface area contributed by atoms with E-state index in [2.05, 4.69) is 4.98 Å². The van der Waals surface area contributed by atoms with Crippen LogP contribution < -0.4 is 0 Å². The lowest BCUT2D eigenvalue weighted by molar-refractivity contribution is -0.129. The lowest BCUT2D eigenvalue weighted by Gasteiger charge is -2.21. The highest BCUT2D eigenvalue weighted by Crippen LogP contribution is 2.26. The molecule has 1 atom stereocenters. The molecule has 1 heterocycles. The van der Waals surface area contributed by atoms with Crippen molar-refractivity contribution in [1.29, 1.82) is 0 Å². The maximum Gasteiger partial charge on any atom is 0.235 e. The van der Waals surface area contributed by atoms with Gasteiger partial charge in [-0.15, -0.1) is 0 Å². The molecule has 0 aliphatic carbocycles. The topological polar surface area (TPSA) is 38.1 Å². The van der Waals surface area contributed by atoms with Crippen molar-refractivity contribution in [1.82, 2.24) is 14.5 Å². The highest BCUT2D eigenvalue weighted by Gasteiger charge is 2.21. The maximum atomic E-state index is 13.3. The van der Waals surface area contributed by atoms with Gasteiger partial charge in [-0.25, -0.2) is 9.37 Å². The predicted octanol–water partition coefficient (Wildman–Crippen LogP) is 4.80. The van der Waals surface area contributed by atoms with E-state index < -0.39 is 0 Å². The van der Waals surface area contributed by atoms with Crippen LogP contribution in [0.3, 0.4) is 0 Å². The molecule has 0 aliphatic heterocycles. The van der Waals surface area contributed by atoms with Crippen LogP contribution in [-0.2, 0) is 11.3 Å². The Hall–Kier alpha value is -2.31. The number of hydrogen-bond acceptors (Lipinski definition) is 3. The Bertz CT molecular complexity index is 946. The number of carbonyl (C=O) groups excluding carboxylic acids is 1. The highest BCUT2D eigenvalue weighted by atomic mass is 35.5. The Labute approximate surface area is 167 Å². The minimum absolute atomic E-state index is 0.0510. The van der Waals surface area contributed by atoms with Crippen molar-refractivity contribution in [2.24, 2.45) is 0 Å². The second-order valence-corrected chi connectivity index (χ2v) is 7.89. The third-order valence-electron chi connectivity index (χ3n) is 4.01. The van der Waals surface area contributed by atoms with Crippen LogP contribution in [0, 0.1) is 5.82 Å². The molecule has 4 nitrogen and oxygen atoms in total. The summed E-state index contributed by atoms with van der Waals surface area (Å²) in [7, 11) is 1.72. The molecule has 0 saturated carbocycles. The Morgan fingerprint density at radius 3 is 2.81 bits per heavy atom. The van der Waals surface area contributed by atoms with Crippen LogP contribution >= 0.6 is 23.4 Å². The molecule has 0 bridgehead atoms. The monoisotopic (exact) mass is 403 g/mol. The lowest BCUT2D eigenvalue weighted by Crippen LogP contribution is -2.33. The zero-order valence-electron chi connectivity index (χ0n) is 15.0. The fourth-order valence-corrected chi connectivity index (χ4v) is 3.89. The Balaban J connectivity index is 1.69. The van der Waals surface area contributed by atoms with Gasteiger partial charge in [0.1, 0.15) is 5.82 Å². The zero-order valence-corrected chi connectivity index (χ0v) is 16.5. The van der Waals surface area contributed by atoms with Crippen molar-refractivity contribution in [2.45, 2.75) is 23.9 Å². The molecular formula is C20H19ClFN3OS. The van der Waals surface area contributed by atoms with E-state index >= 15 is 0 Å². The van der Waals surface area contributed by atoms with Gasteiger partial charge in [-0.3, -0.25) is 9.36 Å². The summed E-state index contributed by atoms with van der Waals surface area (Å²) in [5.41, 5.74) is 1.64. The smallest absolute Gasteiger partial charge is 0.235 e. The number of imidazole rings is 1. The average Bonchev–Trinajstić information content (AvgIpc) is 3.09. The molecule has 3 rings (SSSR count). The van der Waals surface area contributed by atoms with Crippen molar-refractivity contribution < 1.29 is 9.18 Å². The van der Waals surface area contributed by atoms with Crippen molar-refractivity contribution >= 4 is 29.3 Å². The van der Waals surface area contributed by atoms with Gasteiger partial charge in [0, 0.05) is 36.7 Å². The largest absolute Gasteiger partial charge is 0.340 e. The molecule has 140 valence electrons. The summed E-state index contributed by atoms with van der Waals surface area (Å²) in [6, 6.07) is 13.7. The standard InChI is InChI=1S/C20H19ClFN3OS/c1-14(19(26)24(2)13-15-5-3-7-17(22)11-15)27-20-23-9-10-25(20)18-8-4-6-16(21)12-18/h3-12,14H,13H2,1-2H3/t14-/m0/s1. The predicted molar refractivity (Wildman–Crippen MR) is 107 cm³/mol. The van der Waals surface area contributed by atoms with Crippen LogP contribution in [0.5, 0.6) is 0 Å². The SMILES string of the molecule is C[C@H](Sc1nccn1-c1cccc(Cl)c1)C(=O)N(C)Cc1cccc(F)c1. The maximum absolute atomic E-state index is 13.3. The number of carbonyl (C=O) groups is 1. The van der Waals surface area contributed by atoms with Crippen LogP contribution in [-0.4, -0.2) is 32.7 Å². The van der Waals surface area contributed by atoms with Crippen molar-refractivity contribution in [3.05, 3.63) is 77.3 Å². The number of hydrogen-bond donors (Lipinski definition) is 0. The number of rotatable bonds is 6. The van der Waals surface area contributed by atoms with Gasteiger partial charge >= 0.3 is 0 Å². The Morgan fingerprint density at radius 2 is 2.07 bits per heavy atom. The number of halogens is 2. The van der Waals surface area contributed by atoms with E-state index in [1.54, 1.807) is 30.3 Å². The van der Waals surface area contributed by atoms with Crippen LogP contribution in [0.4, 0.5) is 4.39 Å². The van der Waals surface area contributed by atoms with Gasteiger partial charge in [-0.2, -0.15) is 0 Å². The molecule has 0 N–H and O–H groups in total. The van der Waals surface area contributed by atoms with E-state index in [0.717, 1.165) is 11.3 Å². The van der Waals surface area contributed by atoms with Gasteiger partial charge in [0.05, 0.1) is 5.25 Å². The third-order valence-corrected chi connectivity index (χ3v) is 5.31. The first kappa shape index (κ1) is 19.5. The van der Waals surface area contributed by atoms with Crippen LogP contribution in [0.25, 0.3) is 5.69 Å². The van der Waals surface area contributed by atoms with E-state index in [1.807, 2.05) is 42.0 Å². The van der Waals surface area contributed by atoms with Gasteiger partial charge in [-0.05, 0) is 42.8 Å². The molecular weight excluding hydrogens is 385 g/mol. The molecule has 7 heteroatoms. The first-order chi connectivity index (χ1) is 12.9. The van der Waals surface area contributed by atoms with Crippen molar-refractivity contribution in [3.8, 4) is 5.69 Å².